The summed E-state index contributed by atoms with van der Waals surface area (Å²) in [5.41, 5.74) is 2.83. The molecular weight excluding hydrogens is 240 g/mol. The van der Waals surface area contributed by atoms with Crippen molar-refractivity contribution >= 4 is 17.1 Å². The lowest BCUT2D eigenvalue weighted by Gasteiger charge is -2.18. The Morgan fingerprint density at radius 1 is 0.789 bits per heavy atom. The van der Waals surface area contributed by atoms with E-state index in [1.807, 2.05) is 0 Å². The third kappa shape index (κ3) is 2.12. The molecule has 3 heteroatoms. The van der Waals surface area contributed by atoms with Gasteiger partial charge in [0.1, 0.15) is 5.75 Å². The summed E-state index contributed by atoms with van der Waals surface area (Å²) in [6.45, 7) is 5.10. The van der Waals surface area contributed by atoms with Crippen LogP contribution in [0.5, 0.6) is 5.75 Å². The number of hydrogen-bond acceptors (Lipinski definition) is 3. The van der Waals surface area contributed by atoms with Crippen LogP contribution in [0.15, 0.2) is 41.0 Å². The molecule has 0 heterocycles. The summed E-state index contributed by atoms with van der Waals surface area (Å²) in [5, 5.41) is 0. The summed E-state index contributed by atoms with van der Waals surface area (Å²) in [7, 11) is 1.59. The summed E-state index contributed by atoms with van der Waals surface area (Å²) in [6.07, 6.45) is 0. The summed E-state index contributed by atoms with van der Waals surface area (Å²) in [4.78, 5) is 24.4. The number of carbonyl (C=O) groups excluding carboxylic acids is 2. The van der Waals surface area contributed by atoms with Gasteiger partial charge in [0.2, 0.25) is 0 Å². The zero-order chi connectivity index (χ0) is 14.2. The van der Waals surface area contributed by atoms with Crippen LogP contribution in [0.1, 0.15) is 26.3 Å². The molecule has 1 aromatic rings. The van der Waals surface area contributed by atoms with Crippen LogP contribution < -0.4 is 4.74 Å². The van der Waals surface area contributed by atoms with E-state index in [0.717, 1.165) is 11.3 Å². The van der Waals surface area contributed by atoms with Gasteiger partial charge in [0.25, 0.3) is 0 Å². The number of methoxy groups -OCH3 is 1. The number of benzene rings is 1. The van der Waals surface area contributed by atoms with Crippen LogP contribution in [0.25, 0.3) is 5.57 Å². The molecule has 3 nitrogen and oxygen atoms in total. The highest BCUT2D eigenvalue weighted by Crippen LogP contribution is 2.31. The molecule has 0 N–H and O–H groups in total. The van der Waals surface area contributed by atoms with Gasteiger partial charge in [-0.1, -0.05) is 12.1 Å². The van der Waals surface area contributed by atoms with Crippen molar-refractivity contribution < 1.29 is 14.3 Å². The molecule has 19 heavy (non-hydrogen) atoms. The van der Waals surface area contributed by atoms with Gasteiger partial charge in [-0.25, -0.2) is 0 Å². The van der Waals surface area contributed by atoms with Crippen LogP contribution in [0, 0.1) is 0 Å². The molecule has 0 amide bonds. The quantitative estimate of drug-likeness (QED) is 0.764. The van der Waals surface area contributed by atoms with Gasteiger partial charge in [-0.15, -0.1) is 0 Å². The molecule has 0 unspecified atom stereocenters. The van der Waals surface area contributed by atoms with Crippen LogP contribution in [0.4, 0.5) is 0 Å². The Kier molecular flexibility index (Phi) is 3.38. The molecule has 2 rings (SSSR count). The number of Topliss-reactive ketones (excluding diaryl/α,β-unsaturated/α-hetero) is 2. The predicted octanol–water partition coefficient (Wildman–Crippen LogP) is 2.96. The van der Waals surface area contributed by atoms with E-state index in [9.17, 15) is 9.59 Å². The van der Waals surface area contributed by atoms with E-state index in [2.05, 4.69) is 0 Å². The van der Waals surface area contributed by atoms with Crippen molar-refractivity contribution in [2.24, 2.45) is 0 Å². The van der Waals surface area contributed by atoms with Crippen LogP contribution in [0.2, 0.25) is 0 Å². The Bertz CT molecular complexity index is 616. The third-order valence-corrected chi connectivity index (χ3v) is 3.57. The second-order valence-corrected chi connectivity index (χ2v) is 4.64. The minimum absolute atomic E-state index is 0.0529. The smallest absolute Gasteiger partial charge is 0.190 e. The Hall–Kier alpha value is -2.16. The minimum Gasteiger partial charge on any atom is -0.497 e. The molecule has 0 saturated carbocycles. The van der Waals surface area contributed by atoms with Crippen LogP contribution in [-0.4, -0.2) is 18.7 Å². The summed E-state index contributed by atoms with van der Waals surface area (Å²) in [6, 6.07) is 7.18. The van der Waals surface area contributed by atoms with Crippen LogP contribution in [0.3, 0.4) is 0 Å². The minimum atomic E-state index is -0.0697. The number of hydrogen-bond donors (Lipinski definition) is 0. The average Bonchev–Trinajstić information content (AvgIpc) is 2.44. The lowest BCUT2D eigenvalue weighted by molar-refractivity contribution is -0.115. The zero-order valence-corrected chi connectivity index (χ0v) is 11.5. The standard InChI is InChI=1S/C16H16O3/c1-9-10(2)16(18)14(11(3)15(9)17)12-5-7-13(19-4)8-6-12/h5-8H,1-4H3. The van der Waals surface area contributed by atoms with Gasteiger partial charge in [0.15, 0.2) is 11.6 Å². The molecule has 1 aromatic carbocycles. The van der Waals surface area contributed by atoms with Gasteiger partial charge in [-0.3, -0.25) is 9.59 Å². The van der Waals surface area contributed by atoms with E-state index < -0.39 is 0 Å². The highest BCUT2D eigenvalue weighted by molar-refractivity contribution is 6.39. The van der Waals surface area contributed by atoms with E-state index in [1.54, 1.807) is 52.1 Å². The van der Waals surface area contributed by atoms with Gasteiger partial charge in [0, 0.05) is 22.3 Å². The van der Waals surface area contributed by atoms with Crippen molar-refractivity contribution in [3.8, 4) is 5.75 Å². The van der Waals surface area contributed by atoms with Gasteiger partial charge >= 0.3 is 0 Å². The first-order chi connectivity index (χ1) is 8.97. The normalized spacial score (nSPS) is 16.2. The predicted molar refractivity (Wildman–Crippen MR) is 74.0 cm³/mol. The molecular formula is C16H16O3. The number of ether oxygens (including phenoxy) is 1. The van der Waals surface area contributed by atoms with E-state index in [1.165, 1.54) is 0 Å². The molecule has 0 fully saturated rings. The highest BCUT2D eigenvalue weighted by atomic mass is 16.5. The number of carbonyl (C=O) groups is 2. The first-order valence-electron chi connectivity index (χ1n) is 6.09. The van der Waals surface area contributed by atoms with Crippen molar-refractivity contribution in [1.29, 1.82) is 0 Å². The zero-order valence-electron chi connectivity index (χ0n) is 11.5. The van der Waals surface area contributed by atoms with Crippen molar-refractivity contribution in [2.45, 2.75) is 20.8 Å². The topological polar surface area (TPSA) is 43.4 Å². The number of ketones is 2. The third-order valence-electron chi connectivity index (χ3n) is 3.57. The summed E-state index contributed by atoms with van der Waals surface area (Å²) >= 11 is 0. The number of rotatable bonds is 2. The first-order valence-corrected chi connectivity index (χ1v) is 6.09. The largest absolute Gasteiger partial charge is 0.497 e. The molecule has 0 bridgehead atoms. The fourth-order valence-electron chi connectivity index (χ4n) is 2.20. The van der Waals surface area contributed by atoms with E-state index in [4.69, 9.17) is 4.74 Å². The lowest BCUT2D eigenvalue weighted by Crippen LogP contribution is -2.19. The maximum absolute atomic E-state index is 12.3. The highest BCUT2D eigenvalue weighted by Gasteiger charge is 2.28. The van der Waals surface area contributed by atoms with E-state index in [0.29, 0.717) is 22.3 Å². The van der Waals surface area contributed by atoms with E-state index >= 15 is 0 Å². The van der Waals surface area contributed by atoms with Crippen molar-refractivity contribution in [3.05, 3.63) is 46.5 Å². The van der Waals surface area contributed by atoms with E-state index in [-0.39, 0.29) is 11.6 Å². The average molecular weight is 256 g/mol. The SMILES string of the molecule is COc1ccc(C2=C(C)C(=O)C(C)=C(C)C2=O)cc1. The van der Waals surface area contributed by atoms with Crippen molar-refractivity contribution in [3.63, 3.8) is 0 Å². The van der Waals surface area contributed by atoms with Gasteiger partial charge in [0.05, 0.1) is 7.11 Å². The van der Waals surface area contributed by atoms with Crippen LogP contribution in [-0.2, 0) is 9.59 Å². The lowest BCUT2D eigenvalue weighted by atomic mass is 9.83. The maximum Gasteiger partial charge on any atom is 0.190 e. The fraction of sp³-hybridized carbons (Fsp3) is 0.250. The molecule has 0 spiro atoms. The Balaban J connectivity index is 2.54. The molecule has 1 aliphatic rings. The fourth-order valence-corrected chi connectivity index (χ4v) is 2.20. The Morgan fingerprint density at radius 2 is 1.32 bits per heavy atom. The van der Waals surface area contributed by atoms with Crippen molar-refractivity contribution in [2.75, 3.05) is 7.11 Å². The maximum atomic E-state index is 12.3. The second-order valence-electron chi connectivity index (χ2n) is 4.64. The molecule has 0 radical (unpaired) electrons. The Labute approximate surface area is 112 Å². The Morgan fingerprint density at radius 3 is 1.84 bits per heavy atom. The monoisotopic (exact) mass is 256 g/mol. The molecule has 1 aliphatic carbocycles. The van der Waals surface area contributed by atoms with Gasteiger partial charge < -0.3 is 4.74 Å². The van der Waals surface area contributed by atoms with Gasteiger partial charge in [-0.05, 0) is 38.5 Å². The molecule has 0 saturated heterocycles. The van der Waals surface area contributed by atoms with Crippen molar-refractivity contribution in [1.82, 2.24) is 0 Å². The molecule has 0 atom stereocenters. The second kappa shape index (κ2) is 4.84. The summed E-state index contributed by atoms with van der Waals surface area (Å²) in [5.74, 6) is 0.600. The number of allylic oxidation sites excluding steroid dienone is 4. The van der Waals surface area contributed by atoms with Gasteiger partial charge in [-0.2, -0.15) is 0 Å². The summed E-state index contributed by atoms with van der Waals surface area (Å²) < 4.78 is 5.09. The molecule has 98 valence electrons. The first kappa shape index (κ1) is 13.3. The molecule has 0 aliphatic heterocycles. The van der Waals surface area contributed by atoms with Crippen LogP contribution >= 0.6 is 0 Å². The molecule has 0 aromatic heterocycles.